The number of morpholine rings is 1. The summed E-state index contributed by atoms with van der Waals surface area (Å²) < 4.78 is 21.4. The van der Waals surface area contributed by atoms with Crippen LogP contribution in [0.25, 0.3) is 0 Å². The number of nitrogens with zero attached hydrogens (tertiary/aromatic N) is 2. The smallest absolute Gasteiger partial charge is 0.253 e. The van der Waals surface area contributed by atoms with Crippen LogP contribution in [0.3, 0.4) is 0 Å². The maximum absolute atomic E-state index is 12.5. The Labute approximate surface area is 141 Å². The minimum Gasteiger partial charge on any atom is -0.493 e. The number of hydrogen-bond acceptors (Lipinski definition) is 6. The van der Waals surface area contributed by atoms with Gasteiger partial charge >= 0.3 is 0 Å². The Kier molecular flexibility index (Phi) is 4.80. The van der Waals surface area contributed by atoms with Crippen molar-refractivity contribution in [1.29, 1.82) is 0 Å². The van der Waals surface area contributed by atoms with Gasteiger partial charge in [0.15, 0.2) is 11.5 Å². The molecular formula is C17H22N2O5. The topological polar surface area (TPSA) is 60.5 Å². The summed E-state index contributed by atoms with van der Waals surface area (Å²) in [5.74, 6) is 1.52. The van der Waals surface area contributed by atoms with Gasteiger partial charge in [0.05, 0.1) is 46.8 Å². The van der Waals surface area contributed by atoms with Gasteiger partial charge < -0.3 is 28.7 Å². The highest BCUT2D eigenvalue weighted by Gasteiger charge is 2.28. The number of benzene rings is 1. The van der Waals surface area contributed by atoms with Crippen molar-refractivity contribution in [3.8, 4) is 17.2 Å². The van der Waals surface area contributed by atoms with E-state index in [1.54, 1.807) is 44.4 Å². The lowest BCUT2D eigenvalue weighted by Gasteiger charge is -2.30. The van der Waals surface area contributed by atoms with Crippen molar-refractivity contribution in [2.75, 3.05) is 59.1 Å². The maximum Gasteiger partial charge on any atom is 0.253 e. The lowest BCUT2D eigenvalue weighted by molar-refractivity contribution is -0.113. The van der Waals surface area contributed by atoms with E-state index in [1.807, 2.05) is 0 Å². The Balaban J connectivity index is 1.86. The van der Waals surface area contributed by atoms with Crippen LogP contribution in [0.1, 0.15) is 0 Å². The van der Waals surface area contributed by atoms with Crippen LogP contribution in [0, 0.1) is 0 Å². The van der Waals surface area contributed by atoms with E-state index in [1.165, 1.54) is 0 Å². The van der Waals surface area contributed by atoms with Crippen molar-refractivity contribution in [2.45, 2.75) is 0 Å². The molecule has 0 saturated carbocycles. The molecule has 3 rings (SSSR count). The third-order valence-electron chi connectivity index (χ3n) is 4.25. The molecule has 130 valence electrons. The van der Waals surface area contributed by atoms with Crippen LogP contribution in [0.15, 0.2) is 23.9 Å². The summed E-state index contributed by atoms with van der Waals surface area (Å²) >= 11 is 0. The first kappa shape index (κ1) is 16.4. The Bertz CT molecular complexity index is 627. The fourth-order valence-electron chi connectivity index (χ4n) is 2.99. The zero-order valence-corrected chi connectivity index (χ0v) is 14.2. The molecule has 1 saturated heterocycles. The van der Waals surface area contributed by atoms with Crippen LogP contribution in [0.4, 0.5) is 5.69 Å². The number of ether oxygens (including phenoxy) is 4. The molecule has 0 unspecified atom stereocenters. The first-order valence-electron chi connectivity index (χ1n) is 7.82. The van der Waals surface area contributed by atoms with Crippen molar-refractivity contribution in [2.24, 2.45) is 0 Å². The predicted molar refractivity (Wildman–Crippen MR) is 88.9 cm³/mol. The summed E-state index contributed by atoms with van der Waals surface area (Å²) in [7, 11) is 4.67. The van der Waals surface area contributed by atoms with Gasteiger partial charge in [-0.3, -0.25) is 4.79 Å². The molecule has 0 aliphatic carbocycles. The van der Waals surface area contributed by atoms with E-state index in [-0.39, 0.29) is 5.91 Å². The summed E-state index contributed by atoms with van der Waals surface area (Å²) in [6, 6.07) is 3.57. The minimum absolute atomic E-state index is 0.0502. The summed E-state index contributed by atoms with van der Waals surface area (Å²) in [5.41, 5.74) is 1.73. The van der Waals surface area contributed by atoms with Crippen LogP contribution in [-0.4, -0.2) is 65.0 Å². The van der Waals surface area contributed by atoms with Gasteiger partial charge in [0.25, 0.3) is 5.91 Å². The molecule has 0 radical (unpaired) electrons. The van der Waals surface area contributed by atoms with E-state index in [0.717, 1.165) is 18.8 Å². The monoisotopic (exact) mass is 334 g/mol. The van der Waals surface area contributed by atoms with Gasteiger partial charge in [-0.2, -0.15) is 0 Å². The molecule has 24 heavy (non-hydrogen) atoms. The number of anilines is 1. The van der Waals surface area contributed by atoms with Crippen LogP contribution >= 0.6 is 0 Å². The summed E-state index contributed by atoms with van der Waals surface area (Å²) in [6.07, 6.45) is 1.69. The average Bonchev–Trinajstić information content (AvgIpc) is 3.02. The quantitative estimate of drug-likeness (QED) is 0.808. The molecule has 7 heteroatoms. The average molecular weight is 334 g/mol. The summed E-state index contributed by atoms with van der Waals surface area (Å²) in [6.45, 7) is 3.52. The summed E-state index contributed by atoms with van der Waals surface area (Å²) in [4.78, 5) is 16.4. The first-order chi connectivity index (χ1) is 11.7. The van der Waals surface area contributed by atoms with Crippen molar-refractivity contribution < 1.29 is 23.7 Å². The molecule has 0 N–H and O–H groups in total. The van der Waals surface area contributed by atoms with Crippen LogP contribution < -0.4 is 19.1 Å². The van der Waals surface area contributed by atoms with E-state index >= 15 is 0 Å². The van der Waals surface area contributed by atoms with E-state index in [0.29, 0.717) is 42.7 Å². The largest absolute Gasteiger partial charge is 0.493 e. The Morgan fingerprint density at radius 3 is 2.17 bits per heavy atom. The van der Waals surface area contributed by atoms with E-state index < -0.39 is 0 Å². The number of amides is 1. The highest BCUT2D eigenvalue weighted by atomic mass is 16.5. The number of hydrogen-bond donors (Lipinski definition) is 0. The van der Waals surface area contributed by atoms with Gasteiger partial charge in [0.1, 0.15) is 0 Å². The second-order valence-corrected chi connectivity index (χ2v) is 5.54. The highest BCUT2D eigenvalue weighted by molar-refractivity contribution is 6.05. The molecule has 2 heterocycles. The Morgan fingerprint density at radius 2 is 1.62 bits per heavy atom. The lowest BCUT2D eigenvalue weighted by atomic mass is 10.2. The van der Waals surface area contributed by atoms with Crippen LogP contribution in [0.2, 0.25) is 0 Å². The third-order valence-corrected chi connectivity index (χ3v) is 4.25. The molecule has 0 spiro atoms. The maximum atomic E-state index is 12.5. The lowest BCUT2D eigenvalue weighted by Crippen LogP contribution is -2.37. The molecule has 0 bridgehead atoms. The second-order valence-electron chi connectivity index (χ2n) is 5.54. The predicted octanol–water partition coefficient (Wildman–Crippen LogP) is 1.28. The van der Waals surface area contributed by atoms with E-state index in [2.05, 4.69) is 4.90 Å². The molecule has 1 aromatic rings. The Hall–Kier alpha value is -2.41. The zero-order valence-electron chi connectivity index (χ0n) is 14.2. The van der Waals surface area contributed by atoms with Gasteiger partial charge in [0, 0.05) is 37.0 Å². The fraction of sp³-hybridized carbons (Fsp3) is 0.471. The zero-order chi connectivity index (χ0) is 17.1. The highest BCUT2D eigenvalue weighted by Crippen LogP contribution is 2.41. The molecule has 2 aliphatic heterocycles. The van der Waals surface area contributed by atoms with Crippen molar-refractivity contribution in [1.82, 2.24) is 4.90 Å². The molecular weight excluding hydrogens is 312 g/mol. The van der Waals surface area contributed by atoms with Gasteiger partial charge in [0.2, 0.25) is 5.75 Å². The number of methoxy groups -OCH3 is 3. The standard InChI is InChI=1S/C17H22N2O5/c1-21-14-8-12(9-15(22-2)17(14)23-3)19-11-13(10-16(19)20)18-4-6-24-7-5-18/h8-10H,4-7,11H2,1-3H3. The van der Waals surface area contributed by atoms with Gasteiger partial charge in [-0.1, -0.05) is 0 Å². The molecule has 0 atom stereocenters. The SMILES string of the molecule is COc1cc(N2CC(N3CCOCC3)=CC2=O)cc(OC)c1OC. The van der Waals surface area contributed by atoms with E-state index in [4.69, 9.17) is 18.9 Å². The molecule has 2 aliphatic rings. The third kappa shape index (κ3) is 2.99. The van der Waals surface area contributed by atoms with Gasteiger partial charge in [-0.25, -0.2) is 0 Å². The summed E-state index contributed by atoms with van der Waals surface area (Å²) in [5, 5.41) is 0. The molecule has 1 fully saturated rings. The number of carbonyl (C=O) groups is 1. The number of carbonyl (C=O) groups excluding carboxylic acids is 1. The van der Waals surface area contributed by atoms with E-state index in [9.17, 15) is 4.79 Å². The molecule has 7 nitrogen and oxygen atoms in total. The normalized spacial score (nSPS) is 17.8. The fourth-order valence-corrected chi connectivity index (χ4v) is 2.99. The second kappa shape index (κ2) is 7.00. The van der Waals surface area contributed by atoms with Crippen LogP contribution in [0.5, 0.6) is 17.2 Å². The van der Waals surface area contributed by atoms with Crippen molar-refractivity contribution in [3.63, 3.8) is 0 Å². The molecule has 0 aromatic heterocycles. The van der Waals surface area contributed by atoms with Gasteiger partial charge in [-0.05, 0) is 0 Å². The van der Waals surface area contributed by atoms with Crippen molar-refractivity contribution >= 4 is 11.6 Å². The minimum atomic E-state index is -0.0502. The van der Waals surface area contributed by atoms with Gasteiger partial charge in [-0.15, -0.1) is 0 Å². The first-order valence-corrected chi connectivity index (χ1v) is 7.82. The molecule has 1 amide bonds. The van der Waals surface area contributed by atoms with Crippen molar-refractivity contribution in [3.05, 3.63) is 23.9 Å². The Morgan fingerprint density at radius 1 is 1.00 bits per heavy atom. The molecule has 1 aromatic carbocycles. The number of rotatable bonds is 5. The van der Waals surface area contributed by atoms with Crippen LogP contribution in [-0.2, 0) is 9.53 Å².